The zero-order valence-electron chi connectivity index (χ0n) is 25.6. The molecular weight excluding hydrogens is 602 g/mol. The maximum atomic E-state index is 12.5. The van der Waals surface area contributed by atoms with Crippen molar-refractivity contribution in [2.45, 2.75) is 38.5 Å². The summed E-state index contributed by atoms with van der Waals surface area (Å²) in [6.45, 7) is 3.36. The van der Waals surface area contributed by atoms with Gasteiger partial charge in [0, 0.05) is 30.4 Å². The van der Waals surface area contributed by atoms with Crippen LogP contribution < -0.4 is 11.3 Å². The number of fused-ring (bicyclic) bond motifs is 2. The normalized spacial score (nSPS) is 12.2. The second-order valence-electron chi connectivity index (χ2n) is 11.0. The molecule has 0 bridgehead atoms. The highest BCUT2D eigenvalue weighted by Gasteiger charge is 2.27. The number of nitrogens with zero attached hydrogens (tertiary/aromatic N) is 1. The Kier molecular flexibility index (Phi) is 9.60. The standard InChI is InChI=1S/C19H15NO6.C18H16O3/c1-11(21)10-15(12-6-8-13(9-7-12)20(24)25)17-18(22)14-4-2-3-5-16(14)26-19(17)23;1-2-13(12-8-4-3-5-9-12)16-17(19)14-10-6-7-11-15(14)21-18(16)20/h2-9,15,22H,10H2,1H3;3-11,13,19H,2H2,1H3/t15-;/m0./s1. The van der Waals surface area contributed by atoms with Gasteiger partial charge in [0.25, 0.3) is 5.69 Å². The van der Waals surface area contributed by atoms with Crippen LogP contribution in [0.5, 0.6) is 11.5 Å². The van der Waals surface area contributed by atoms with Crippen LogP contribution in [0.3, 0.4) is 0 Å². The van der Waals surface area contributed by atoms with E-state index in [2.05, 4.69) is 0 Å². The minimum Gasteiger partial charge on any atom is -0.507 e. The highest BCUT2D eigenvalue weighted by Crippen LogP contribution is 2.37. The molecule has 0 spiro atoms. The number of carbonyl (C=O) groups excluding carboxylic acids is 1. The lowest BCUT2D eigenvalue weighted by atomic mass is 9.87. The Morgan fingerprint density at radius 2 is 1.15 bits per heavy atom. The van der Waals surface area contributed by atoms with Crippen molar-refractivity contribution in [2.24, 2.45) is 0 Å². The minimum atomic E-state index is -0.769. The largest absolute Gasteiger partial charge is 0.507 e. The lowest BCUT2D eigenvalue weighted by Gasteiger charge is -2.17. The summed E-state index contributed by atoms with van der Waals surface area (Å²) >= 11 is 0. The van der Waals surface area contributed by atoms with Crippen molar-refractivity contribution in [2.75, 3.05) is 0 Å². The summed E-state index contributed by atoms with van der Waals surface area (Å²) in [5, 5.41) is 32.9. The summed E-state index contributed by atoms with van der Waals surface area (Å²) in [5.41, 5.74) is 1.13. The molecule has 6 aromatic rings. The lowest BCUT2D eigenvalue weighted by molar-refractivity contribution is -0.384. The van der Waals surface area contributed by atoms with Gasteiger partial charge in [0.15, 0.2) is 0 Å². The van der Waals surface area contributed by atoms with Crippen molar-refractivity contribution in [3.63, 3.8) is 0 Å². The molecule has 2 atom stereocenters. The molecule has 4 aromatic carbocycles. The molecule has 10 nitrogen and oxygen atoms in total. The summed E-state index contributed by atoms with van der Waals surface area (Å²) in [6.07, 6.45) is 0.662. The first-order valence-corrected chi connectivity index (χ1v) is 14.9. The monoisotopic (exact) mass is 633 g/mol. The van der Waals surface area contributed by atoms with Gasteiger partial charge in [-0.3, -0.25) is 14.9 Å². The van der Waals surface area contributed by atoms with Gasteiger partial charge in [-0.15, -0.1) is 0 Å². The van der Waals surface area contributed by atoms with E-state index >= 15 is 0 Å². The fourth-order valence-electron chi connectivity index (χ4n) is 5.70. The number of para-hydroxylation sites is 2. The first-order chi connectivity index (χ1) is 22.6. The maximum absolute atomic E-state index is 12.5. The Hall–Kier alpha value is -6.03. The van der Waals surface area contributed by atoms with Gasteiger partial charge >= 0.3 is 11.3 Å². The molecule has 0 aliphatic carbocycles. The molecular formula is C37H31NO9. The smallest absolute Gasteiger partial charge is 0.343 e. The lowest BCUT2D eigenvalue weighted by Crippen LogP contribution is -2.16. The van der Waals surface area contributed by atoms with Gasteiger partial charge < -0.3 is 19.0 Å². The number of nitro groups is 1. The van der Waals surface area contributed by atoms with Crippen LogP contribution in [0.15, 0.2) is 122 Å². The van der Waals surface area contributed by atoms with Crippen LogP contribution in [-0.2, 0) is 4.79 Å². The molecule has 2 N–H and O–H groups in total. The molecule has 6 rings (SSSR count). The van der Waals surface area contributed by atoms with E-state index in [1.165, 1.54) is 31.2 Å². The number of hydrogen-bond acceptors (Lipinski definition) is 9. The van der Waals surface area contributed by atoms with Crippen molar-refractivity contribution in [1.82, 2.24) is 0 Å². The number of nitro benzene ring substituents is 1. The fraction of sp³-hybridized carbons (Fsp3) is 0.162. The van der Waals surface area contributed by atoms with Crippen LogP contribution in [0, 0.1) is 10.1 Å². The number of rotatable bonds is 8. The maximum Gasteiger partial charge on any atom is 0.343 e. The molecule has 2 aromatic heterocycles. The Morgan fingerprint density at radius 1 is 0.702 bits per heavy atom. The minimum absolute atomic E-state index is 0.0255. The predicted molar refractivity (Wildman–Crippen MR) is 177 cm³/mol. The summed E-state index contributed by atoms with van der Waals surface area (Å²) in [5.74, 6) is -1.36. The van der Waals surface area contributed by atoms with E-state index < -0.39 is 22.1 Å². The second kappa shape index (κ2) is 13.9. The SMILES string of the molecule is CC(=O)C[C@@H](c1ccc([N+](=O)[O-])cc1)c1c(O)c2ccccc2oc1=O.CCC(c1ccccc1)c1c(O)c2ccccc2oc1=O. The van der Waals surface area contributed by atoms with Gasteiger partial charge in [0.05, 0.1) is 26.8 Å². The molecule has 0 aliphatic heterocycles. The highest BCUT2D eigenvalue weighted by molar-refractivity contribution is 5.85. The third-order valence-corrected chi connectivity index (χ3v) is 7.94. The predicted octanol–water partition coefficient (Wildman–Crippen LogP) is 7.56. The van der Waals surface area contributed by atoms with E-state index in [-0.39, 0.29) is 46.5 Å². The second-order valence-corrected chi connectivity index (χ2v) is 11.0. The van der Waals surface area contributed by atoms with Gasteiger partial charge in [0.1, 0.15) is 28.4 Å². The average molecular weight is 634 g/mol. The fourth-order valence-corrected chi connectivity index (χ4v) is 5.70. The topological polar surface area (TPSA) is 161 Å². The Bertz CT molecular complexity index is 2190. The molecule has 1 unspecified atom stereocenters. The van der Waals surface area contributed by atoms with Gasteiger partial charge in [-0.05, 0) is 48.7 Å². The number of ketones is 1. The number of Topliss-reactive ketones (excluding diaryl/α,β-unsaturated/α-hetero) is 1. The zero-order chi connectivity index (χ0) is 33.7. The third-order valence-electron chi connectivity index (χ3n) is 7.94. The molecule has 0 saturated heterocycles. The number of benzene rings is 4. The summed E-state index contributed by atoms with van der Waals surface area (Å²) < 4.78 is 10.6. The summed E-state index contributed by atoms with van der Waals surface area (Å²) in [4.78, 5) is 46.8. The van der Waals surface area contributed by atoms with Crippen LogP contribution in [0.2, 0.25) is 0 Å². The van der Waals surface area contributed by atoms with Crippen molar-refractivity contribution in [3.8, 4) is 11.5 Å². The highest BCUT2D eigenvalue weighted by atomic mass is 16.6. The Balaban J connectivity index is 0.000000189. The number of carbonyl (C=O) groups is 1. The average Bonchev–Trinajstić information content (AvgIpc) is 3.07. The first-order valence-electron chi connectivity index (χ1n) is 14.9. The Morgan fingerprint density at radius 3 is 1.62 bits per heavy atom. The third kappa shape index (κ3) is 6.81. The van der Waals surface area contributed by atoms with Crippen LogP contribution in [0.25, 0.3) is 21.9 Å². The number of aromatic hydroxyl groups is 2. The quantitative estimate of drug-likeness (QED) is 0.0979. The Labute approximate surface area is 268 Å². The summed E-state index contributed by atoms with van der Waals surface area (Å²) in [7, 11) is 0. The molecule has 10 heteroatoms. The van der Waals surface area contributed by atoms with Crippen LogP contribution in [0.1, 0.15) is 60.8 Å². The van der Waals surface area contributed by atoms with Gasteiger partial charge in [-0.25, -0.2) is 9.59 Å². The zero-order valence-corrected chi connectivity index (χ0v) is 25.6. The van der Waals surface area contributed by atoms with Gasteiger partial charge in [-0.2, -0.15) is 0 Å². The molecule has 0 amide bonds. The number of non-ortho nitro benzene ring substituents is 1. The van der Waals surface area contributed by atoms with E-state index in [0.717, 1.165) is 5.56 Å². The van der Waals surface area contributed by atoms with Crippen molar-refractivity contribution in [3.05, 3.63) is 156 Å². The molecule has 0 aliphatic rings. The van der Waals surface area contributed by atoms with Gasteiger partial charge in [-0.1, -0.05) is 73.7 Å². The van der Waals surface area contributed by atoms with E-state index in [1.54, 1.807) is 42.5 Å². The molecule has 0 fully saturated rings. The molecule has 0 saturated carbocycles. The first kappa shape index (κ1) is 32.4. The van der Waals surface area contributed by atoms with Crippen LogP contribution >= 0.6 is 0 Å². The summed E-state index contributed by atoms with van der Waals surface area (Å²) in [6, 6.07) is 28.8. The van der Waals surface area contributed by atoms with Crippen LogP contribution in [0.4, 0.5) is 5.69 Å². The van der Waals surface area contributed by atoms with E-state index in [9.17, 15) is 34.7 Å². The van der Waals surface area contributed by atoms with Crippen molar-refractivity contribution in [1.29, 1.82) is 0 Å². The van der Waals surface area contributed by atoms with Crippen molar-refractivity contribution >= 4 is 33.4 Å². The van der Waals surface area contributed by atoms with E-state index in [1.807, 2.05) is 43.3 Å². The molecule has 2 heterocycles. The molecule has 47 heavy (non-hydrogen) atoms. The van der Waals surface area contributed by atoms with E-state index in [4.69, 9.17) is 8.83 Å². The van der Waals surface area contributed by atoms with Crippen molar-refractivity contribution < 1.29 is 28.8 Å². The molecule has 238 valence electrons. The number of hydrogen-bond donors (Lipinski definition) is 2. The van der Waals surface area contributed by atoms with E-state index in [0.29, 0.717) is 33.9 Å². The molecule has 0 radical (unpaired) electrons. The van der Waals surface area contributed by atoms with Gasteiger partial charge in [0.2, 0.25) is 0 Å². The van der Waals surface area contributed by atoms with Crippen LogP contribution in [-0.4, -0.2) is 20.9 Å².